The Bertz CT molecular complexity index is 557. The molecule has 3 N–H and O–H groups in total. The molecule has 178 valence electrons. The zero-order valence-corrected chi connectivity index (χ0v) is 20.1. The molecule has 1 atom stereocenters. The van der Waals surface area contributed by atoms with E-state index in [1.807, 2.05) is 6.20 Å². The molecule has 0 saturated carbocycles. The lowest BCUT2D eigenvalue weighted by Gasteiger charge is -2.30. The third-order valence-electron chi connectivity index (χ3n) is 6.20. The van der Waals surface area contributed by atoms with E-state index in [2.05, 4.69) is 24.1 Å². The Hall–Kier alpha value is -1.46. The quantitative estimate of drug-likeness (QED) is 0.122. The van der Waals surface area contributed by atoms with Gasteiger partial charge in [-0.3, -0.25) is 0 Å². The van der Waals surface area contributed by atoms with E-state index in [4.69, 9.17) is 5.73 Å². The Kier molecular flexibility index (Phi) is 16.1. The van der Waals surface area contributed by atoms with Crippen LogP contribution >= 0.6 is 0 Å². The maximum atomic E-state index is 11.3. The monoisotopic (exact) mass is 434 g/mol. The summed E-state index contributed by atoms with van der Waals surface area (Å²) in [5, 5.41) is 9.25. The van der Waals surface area contributed by atoms with Crippen molar-refractivity contribution in [3.8, 4) is 0 Å². The second-order valence-electron chi connectivity index (χ2n) is 8.98. The highest BCUT2D eigenvalue weighted by molar-refractivity contribution is 5.81. The topological polar surface area (TPSA) is 75.7 Å². The van der Waals surface area contributed by atoms with E-state index < -0.39 is 5.97 Å². The number of aliphatic imine (C=N–C) groups is 1. The number of unbranched alkanes of at least 4 members (excludes halogenated alkanes) is 13. The predicted octanol–water partition coefficient (Wildman–Crippen LogP) is 6.55. The van der Waals surface area contributed by atoms with Gasteiger partial charge >= 0.3 is 5.97 Å². The number of hydrogen-bond donors (Lipinski definition) is 2. The minimum atomic E-state index is -0.801. The standard InChI is InChI=1S/C26H47N3O2/c1-2-3-4-5-6-7-8-9-10-11-12-13-14-15-16-17-18-19-25-28-21-23-29(25,22-20-27)24-26(30)31/h9-10,21,23H,2-8,11-20,22,24,27H2,1H3/p+1/b10-9+. The van der Waals surface area contributed by atoms with Crippen LogP contribution in [0.2, 0.25) is 0 Å². The Morgan fingerprint density at radius 3 is 2.03 bits per heavy atom. The van der Waals surface area contributed by atoms with Gasteiger partial charge in [-0.25, -0.2) is 14.3 Å². The second kappa shape index (κ2) is 18.1. The fraction of sp³-hybridized carbons (Fsp3) is 0.769. The van der Waals surface area contributed by atoms with E-state index >= 15 is 0 Å². The highest BCUT2D eigenvalue weighted by atomic mass is 16.4. The fourth-order valence-electron chi connectivity index (χ4n) is 4.34. The number of quaternary nitrogens is 1. The van der Waals surface area contributed by atoms with Crippen LogP contribution in [0, 0.1) is 0 Å². The minimum absolute atomic E-state index is 0.0416. The fourth-order valence-corrected chi connectivity index (χ4v) is 4.34. The van der Waals surface area contributed by atoms with E-state index in [-0.39, 0.29) is 6.54 Å². The molecular formula is C26H48N3O2+. The number of carbonyl (C=O) groups is 1. The van der Waals surface area contributed by atoms with Crippen molar-refractivity contribution in [1.29, 1.82) is 0 Å². The number of allylic oxidation sites excluding steroid dienone is 2. The molecule has 1 aliphatic heterocycles. The minimum Gasteiger partial charge on any atom is -0.477 e. The third kappa shape index (κ3) is 12.9. The molecule has 0 amide bonds. The summed E-state index contributed by atoms with van der Waals surface area (Å²) in [6, 6.07) is 0. The van der Waals surface area contributed by atoms with Gasteiger partial charge in [0.05, 0.1) is 6.20 Å². The molecule has 0 bridgehead atoms. The number of carboxylic acid groups (broad SMARTS) is 1. The van der Waals surface area contributed by atoms with Crippen LogP contribution in [0.5, 0.6) is 0 Å². The van der Waals surface area contributed by atoms with Crippen LogP contribution in [0.25, 0.3) is 0 Å². The van der Waals surface area contributed by atoms with Crippen LogP contribution in [-0.2, 0) is 4.79 Å². The van der Waals surface area contributed by atoms with Gasteiger partial charge in [-0.2, -0.15) is 0 Å². The smallest absolute Gasteiger partial charge is 0.360 e. The summed E-state index contributed by atoms with van der Waals surface area (Å²) in [4.78, 5) is 15.7. The largest absolute Gasteiger partial charge is 0.477 e. The summed E-state index contributed by atoms with van der Waals surface area (Å²) in [7, 11) is 0. The number of aliphatic carboxylic acids is 1. The van der Waals surface area contributed by atoms with Crippen molar-refractivity contribution in [2.24, 2.45) is 10.7 Å². The number of hydrogen-bond acceptors (Lipinski definition) is 3. The van der Waals surface area contributed by atoms with Gasteiger partial charge in [-0.15, -0.1) is 0 Å². The van der Waals surface area contributed by atoms with Gasteiger partial charge in [0.2, 0.25) is 5.84 Å². The maximum absolute atomic E-state index is 11.3. The molecule has 1 aliphatic rings. The van der Waals surface area contributed by atoms with Crippen molar-refractivity contribution in [3.63, 3.8) is 0 Å². The molecular weight excluding hydrogens is 386 g/mol. The van der Waals surface area contributed by atoms with E-state index in [1.54, 1.807) is 6.20 Å². The first-order valence-electron chi connectivity index (χ1n) is 12.8. The van der Waals surface area contributed by atoms with Crippen molar-refractivity contribution < 1.29 is 14.4 Å². The van der Waals surface area contributed by atoms with Gasteiger partial charge in [0.25, 0.3) is 0 Å². The lowest BCUT2D eigenvalue weighted by Crippen LogP contribution is -2.52. The number of rotatable bonds is 21. The zero-order valence-electron chi connectivity index (χ0n) is 20.1. The van der Waals surface area contributed by atoms with E-state index in [0.717, 1.165) is 18.7 Å². The van der Waals surface area contributed by atoms with Crippen LogP contribution in [0.1, 0.15) is 110 Å². The molecule has 0 aliphatic carbocycles. The molecule has 0 spiro atoms. The molecule has 5 nitrogen and oxygen atoms in total. The van der Waals surface area contributed by atoms with E-state index in [9.17, 15) is 9.90 Å². The lowest BCUT2D eigenvalue weighted by atomic mass is 10.1. The molecule has 5 heteroatoms. The molecule has 0 fully saturated rings. The molecule has 1 heterocycles. The first kappa shape index (κ1) is 27.6. The highest BCUT2D eigenvalue weighted by Gasteiger charge is 2.36. The SMILES string of the molecule is CCCCCCCC/C=C/CCCCCCCCCC1=NC=C[N+]1(CCN)CC(=O)O. The molecule has 0 aromatic heterocycles. The van der Waals surface area contributed by atoms with Gasteiger partial charge in [0.1, 0.15) is 12.7 Å². The van der Waals surface area contributed by atoms with Crippen LogP contribution in [0.4, 0.5) is 0 Å². The summed E-state index contributed by atoms with van der Waals surface area (Å²) in [6.07, 6.45) is 28.8. The molecule has 0 aromatic rings. The summed E-state index contributed by atoms with van der Waals surface area (Å²) >= 11 is 0. The normalized spacial score (nSPS) is 18.2. The number of amidine groups is 1. The van der Waals surface area contributed by atoms with Crippen molar-refractivity contribution >= 4 is 11.8 Å². The van der Waals surface area contributed by atoms with Crippen molar-refractivity contribution in [2.75, 3.05) is 19.6 Å². The van der Waals surface area contributed by atoms with Gasteiger partial charge in [0, 0.05) is 13.0 Å². The molecule has 1 rings (SSSR count). The maximum Gasteiger partial charge on any atom is 0.360 e. The summed E-state index contributed by atoms with van der Waals surface area (Å²) in [6.45, 7) is 3.38. The zero-order chi connectivity index (χ0) is 22.6. The Labute approximate surface area is 191 Å². The highest BCUT2D eigenvalue weighted by Crippen LogP contribution is 2.21. The van der Waals surface area contributed by atoms with Crippen LogP contribution < -0.4 is 5.73 Å². The Morgan fingerprint density at radius 2 is 1.48 bits per heavy atom. The van der Waals surface area contributed by atoms with Crippen LogP contribution in [0.3, 0.4) is 0 Å². The Morgan fingerprint density at radius 1 is 0.935 bits per heavy atom. The van der Waals surface area contributed by atoms with Gasteiger partial charge in [0.15, 0.2) is 6.54 Å². The first-order valence-corrected chi connectivity index (χ1v) is 12.8. The molecule has 0 radical (unpaired) electrons. The Balaban J connectivity index is 1.97. The van der Waals surface area contributed by atoms with Crippen molar-refractivity contribution in [1.82, 2.24) is 0 Å². The molecule has 0 saturated heterocycles. The summed E-state index contributed by atoms with van der Waals surface area (Å²) in [5.41, 5.74) is 5.72. The van der Waals surface area contributed by atoms with Crippen molar-refractivity contribution in [2.45, 2.75) is 110 Å². The van der Waals surface area contributed by atoms with Crippen molar-refractivity contribution in [3.05, 3.63) is 24.6 Å². The average molecular weight is 435 g/mol. The number of nitrogens with zero attached hydrogens (tertiary/aromatic N) is 2. The number of nitrogens with two attached hydrogens (primary N) is 1. The second-order valence-corrected chi connectivity index (χ2v) is 8.98. The lowest BCUT2D eigenvalue weighted by molar-refractivity contribution is -0.778. The molecule has 31 heavy (non-hydrogen) atoms. The summed E-state index contributed by atoms with van der Waals surface area (Å²) < 4.78 is 0.304. The molecule has 1 unspecified atom stereocenters. The predicted molar refractivity (Wildman–Crippen MR) is 132 cm³/mol. The van der Waals surface area contributed by atoms with Gasteiger partial charge < -0.3 is 10.8 Å². The first-order chi connectivity index (χ1) is 15.1. The van der Waals surface area contributed by atoms with Crippen LogP contribution in [0.15, 0.2) is 29.5 Å². The average Bonchev–Trinajstić information content (AvgIpc) is 3.11. The number of carboxylic acids is 1. The molecule has 0 aromatic carbocycles. The van der Waals surface area contributed by atoms with Crippen LogP contribution in [-0.4, -0.2) is 41.0 Å². The van der Waals surface area contributed by atoms with Gasteiger partial charge in [-0.05, 0) is 32.1 Å². The summed E-state index contributed by atoms with van der Waals surface area (Å²) in [5.74, 6) is 0.158. The third-order valence-corrected chi connectivity index (χ3v) is 6.20. The van der Waals surface area contributed by atoms with E-state index in [1.165, 1.54) is 89.9 Å². The van der Waals surface area contributed by atoms with E-state index in [0.29, 0.717) is 17.6 Å². The van der Waals surface area contributed by atoms with Gasteiger partial charge in [-0.1, -0.05) is 83.3 Å².